The van der Waals surface area contributed by atoms with Crippen LogP contribution in [0.2, 0.25) is 0 Å². The molecule has 0 N–H and O–H groups in total. The molecule has 0 unspecified atom stereocenters. The Bertz CT molecular complexity index is 849. The van der Waals surface area contributed by atoms with Crippen LogP contribution in [-0.2, 0) is 9.53 Å². The molecule has 2 aromatic carbocycles. The zero-order chi connectivity index (χ0) is 17.1. The van der Waals surface area contributed by atoms with Gasteiger partial charge < -0.3 is 9.47 Å². The van der Waals surface area contributed by atoms with Crippen LogP contribution in [0.25, 0.3) is 6.08 Å². The van der Waals surface area contributed by atoms with Gasteiger partial charge in [-0.1, -0.05) is 24.3 Å². The highest BCUT2D eigenvalue weighted by Crippen LogP contribution is 2.23. The van der Waals surface area contributed by atoms with Crippen LogP contribution >= 0.6 is 22.6 Å². The number of carbonyl (C=O) groups excluding carboxylic acids is 1. The quantitative estimate of drug-likeness (QED) is 0.406. The summed E-state index contributed by atoms with van der Waals surface area (Å²) in [5.41, 5.74) is 1.37. The first-order chi connectivity index (χ1) is 11.5. The molecule has 0 aromatic heterocycles. The zero-order valence-corrected chi connectivity index (χ0v) is 14.2. The molecule has 7 heteroatoms. The molecule has 122 valence electrons. The van der Waals surface area contributed by atoms with Crippen molar-refractivity contribution in [2.24, 2.45) is 4.99 Å². The highest BCUT2D eigenvalue weighted by molar-refractivity contribution is 14.1. The summed E-state index contributed by atoms with van der Waals surface area (Å²) in [6.07, 6.45) is 1.62. The number of alkyl halides is 2. The van der Waals surface area contributed by atoms with Crippen LogP contribution in [-0.4, -0.2) is 18.5 Å². The van der Waals surface area contributed by atoms with Crippen LogP contribution in [0.15, 0.2) is 59.2 Å². The van der Waals surface area contributed by atoms with E-state index < -0.39 is 12.6 Å². The lowest BCUT2D eigenvalue weighted by Gasteiger charge is -2.05. The Morgan fingerprint density at radius 1 is 1.17 bits per heavy atom. The molecular weight excluding hydrogens is 431 g/mol. The Hall–Kier alpha value is -2.29. The second-order valence-electron chi connectivity index (χ2n) is 4.76. The lowest BCUT2D eigenvalue weighted by molar-refractivity contribution is -0.129. The molecule has 0 saturated heterocycles. The molecule has 0 atom stereocenters. The van der Waals surface area contributed by atoms with Crippen LogP contribution < -0.4 is 4.74 Å². The second kappa shape index (κ2) is 7.08. The maximum Gasteiger partial charge on any atom is 0.387 e. The summed E-state index contributed by atoms with van der Waals surface area (Å²) in [5.74, 6) is -0.571. The topological polar surface area (TPSA) is 47.9 Å². The lowest BCUT2D eigenvalue weighted by atomic mass is 10.2. The van der Waals surface area contributed by atoms with E-state index in [0.29, 0.717) is 5.56 Å². The van der Waals surface area contributed by atoms with Gasteiger partial charge in [0.15, 0.2) is 5.70 Å². The second-order valence-corrected chi connectivity index (χ2v) is 5.93. The number of carbonyl (C=O) groups is 1. The van der Waals surface area contributed by atoms with Crippen molar-refractivity contribution in [1.29, 1.82) is 0 Å². The number of benzene rings is 2. The molecule has 0 radical (unpaired) electrons. The molecule has 0 spiro atoms. The number of halogens is 3. The number of ether oxygens (including phenoxy) is 2. The SMILES string of the molecule is O=C1OC(c2cccc(OC(F)F)c2)=N/C1=C/c1ccccc1I. The maximum atomic E-state index is 12.3. The van der Waals surface area contributed by atoms with Gasteiger partial charge in [0, 0.05) is 9.13 Å². The molecule has 1 heterocycles. The van der Waals surface area contributed by atoms with E-state index in [4.69, 9.17) is 4.74 Å². The number of esters is 1. The smallest absolute Gasteiger partial charge is 0.387 e. The van der Waals surface area contributed by atoms with Crippen LogP contribution in [0.4, 0.5) is 8.78 Å². The van der Waals surface area contributed by atoms with E-state index in [-0.39, 0.29) is 17.3 Å². The first-order valence-electron chi connectivity index (χ1n) is 6.85. The van der Waals surface area contributed by atoms with Crippen molar-refractivity contribution in [3.05, 3.63) is 68.9 Å². The van der Waals surface area contributed by atoms with E-state index in [1.165, 1.54) is 18.2 Å². The molecule has 4 nitrogen and oxygen atoms in total. The molecule has 24 heavy (non-hydrogen) atoms. The summed E-state index contributed by atoms with van der Waals surface area (Å²) >= 11 is 2.15. The minimum Gasteiger partial charge on any atom is -0.435 e. The number of rotatable bonds is 4. The largest absolute Gasteiger partial charge is 0.435 e. The van der Waals surface area contributed by atoms with Crippen molar-refractivity contribution in [2.45, 2.75) is 6.61 Å². The van der Waals surface area contributed by atoms with Gasteiger partial charge in [-0.05, 0) is 58.5 Å². The predicted octanol–water partition coefficient (Wildman–Crippen LogP) is 4.24. The Morgan fingerprint density at radius 2 is 1.96 bits per heavy atom. The molecule has 1 aliphatic rings. The standard InChI is InChI=1S/C17H10F2INO3/c18-17(19)23-12-6-3-5-11(8-12)15-21-14(16(22)24-15)9-10-4-1-2-7-13(10)20/h1-9,17H/b14-9+. The highest BCUT2D eigenvalue weighted by atomic mass is 127. The molecule has 0 aliphatic carbocycles. The molecular formula is C17H10F2INO3. The van der Waals surface area contributed by atoms with E-state index in [1.807, 2.05) is 24.3 Å². The monoisotopic (exact) mass is 441 g/mol. The zero-order valence-electron chi connectivity index (χ0n) is 12.1. The highest BCUT2D eigenvalue weighted by Gasteiger charge is 2.24. The normalized spacial score (nSPS) is 15.6. The third-order valence-electron chi connectivity index (χ3n) is 3.12. The van der Waals surface area contributed by atoms with Gasteiger partial charge in [0.1, 0.15) is 5.75 Å². The number of hydrogen-bond acceptors (Lipinski definition) is 4. The Morgan fingerprint density at radius 3 is 2.71 bits per heavy atom. The predicted molar refractivity (Wildman–Crippen MR) is 92.8 cm³/mol. The maximum absolute atomic E-state index is 12.3. The van der Waals surface area contributed by atoms with Crippen LogP contribution in [0.1, 0.15) is 11.1 Å². The molecule has 2 aromatic rings. The molecule has 0 saturated carbocycles. The fraction of sp³-hybridized carbons (Fsp3) is 0.0588. The third-order valence-corrected chi connectivity index (χ3v) is 4.11. The van der Waals surface area contributed by atoms with E-state index in [2.05, 4.69) is 32.3 Å². The summed E-state index contributed by atoms with van der Waals surface area (Å²) in [4.78, 5) is 16.1. The average molecular weight is 441 g/mol. The van der Waals surface area contributed by atoms with Crippen molar-refractivity contribution in [2.75, 3.05) is 0 Å². The van der Waals surface area contributed by atoms with Crippen LogP contribution in [0.5, 0.6) is 5.75 Å². The molecule has 3 rings (SSSR count). The molecule has 0 bridgehead atoms. The first kappa shape index (κ1) is 16.6. The Labute approximate surface area is 149 Å². The molecule has 1 aliphatic heterocycles. The van der Waals surface area contributed by atoms with Gasteiger partial charge in [0.25, 0.3) is 0 Å². The molecule has 0 amide bonds. The van der Waals surface area contributed by atoms with E-state index in [1.54, 1.807) is 12.1 Å². The van der Waals surface area contributed by atoms with Gasteiger partial charge >= 0.3 is 12.6 Å². The van der Waals surface area contributed by atoms with Gasteiger partial charge in [0.05, 0.1) is 0 Å². The Kier molecular flexibility index (Phi) is 4.89. The number of aliphatic imine (C=N–C) groups is 1. The number of hydrogen-bond donors (Lipinski definition) is 0. The summed E-state index contributed by atoms with van der Waals surface area (Å²) in [6.45, 7) is -2.93. The van der Waals surface area contributed by atoms with Gasteiger partial charge in [0.2, 0.25) is 5.90 Å². The summed E-state index contributed by atoms with van der Waals surface area (Å²) in [5, 5.41) is 0. The number of nitrogens with zero attached hydrogens (tertiary/aromatic N) is 1. The minimum absolute atomic E-state index is 0.0312. The molecule has 0 fully saturated rings. The number of cyclic esters (lactones) is 1. The summed E-state index contributed by atoms with van der Waals surface area (Å²) < 4.78 is 35.0. The van der Waals surface area contributed by atoms with E-state index in [0.717, 1.165) is 9.13 Å². The summed E-state index contributed by atoms with van der Waals surface area (Å²) in [7, 11) is 0. The minimum atomic E-state index is -2.93. The average Bonchev–Trinajstić information content (AvgIpc) is 2.90. The van der Waals surface area contributed by atoms with E-state index >= 15 is 0 Å². The summed E-state index contributed by atoms with van der Waals surface area (Å²) in [6, 6.07) is 13.3. The first-order valence-corrected chi connectivity index (χ1v) is 7.93. The van der Waals surface area contributed by atoms with Crippen molar-refractivity contribution in [3.8, 4) is 5.75 Å². The van der Waals surface area contributed by atoms with Crippen molar-refractivity contribution in [3.63, 3.8) is 0 Å². The van der Waals surface area contributed by atoms with Crippen LogP contribution in [0, 0.1) is 3.57 Å². The van der Waals surface area contributed by atoms with Crippen molar-refractivity contribution < 1.29 is 23.0 Å². The van der Waals surface area contributed by atoms with Crippen molar-refractivity contribution >= 4 is 40.5 Å². The van der Waals surface area contributed by atoms with Gasteiger partial charge in [-0.15, -0.1) is 0 Å². The third kappa shape index (κ3) is 3.78. The fourth-order valence-electron chi connectivity index (χ4n) is 2.08. The fourth-order valence-corrected chi connectivity index (χ4v) is 2.62. The van der Waals surface area contributed by atoms with Crippen molar-refractivity contribution in [1.82, 2.24) is 0 Å². The van der Waals surface area contributed by atoms with Crippen LogP contribution in [0.3, 0.4) is 0 Å². The lowest BCUT2D eigenvalue weighted by Crippen LogP contribution is -2.07. The van der Waals surface area contributed by atoms with E-state index in [9.17, 15) is 13.6 Å². The van der Waals surface area contributed by atoms with Gasteiger partial charge in [-0.2, -0.15) is 8.78 Å². The Balaban J connectivity index is 1.91. The van der Waals surface area contributed by atoms with Gasteiger partial charge in [-0.25, -0.2) is 9.79 Å². The van der Waals surface area contributed by atoms with Gasteiger partial charge in [-0.3, -0.25) is 0 Å².